The van der Waals surface area contributed by atoms with Gasteiger partial charge in [-0.25, -0.2) is 4.98 Å². The lowest BCUT2D eigenvalue weighted by atomic mass is 10.0. The molecule has 1 fully saturated rings. The van der Waals surface area contributed by atoms with Gasteiger partial charge in [-0.3, -0.25) is 0 Å². The van der Waals surface area contributed by atoms with E-state index in [4.69, 9.17) is 16.3 Å². The third kappa shape index (κ3) is 3.52. The molecule has 0 saturated carbocycles. The Balaban J connectivity index is 1.68. The summed E-state index contributed by atoms with van der Waals surface area (Å²) in [4.78, 5) is 5.88. The molecule has 1 aliphatic heterocycles. The highest BCUT2D eigenvalue weighted by molar-refractivity contribution is 7.20. The molecule has 0 radical (unpaired) electrons. The van der Waals surface area contributed by atoms with Gasteiger partial charge in [0.15, 0.2) is 0 Å². The van der Waals surface area contributed by atoms with Crippen LogP contribution in [0.15, 0.2) is 36.4 Å². The van der Waals surface area contributed by atoms with Gasteiger partial charge in [-0.1, -0.05) is 41.9 Å². The van der Waals surface area contributed by atoms with Crippen LogP contribution in [0.2, 0.25) is 5.15 Å². The molecule has 0 amide bonds. The summed E-state index contributed by atoms with van der Waals surface area (Å²) in [5.74, 6) is 0. The lowest BCUT2D eigenvalue weighted by Gasteiger charge is -2.22. The van der Waals surface area contributed by atoms with Crippen molar-refractivity contribution in [1.29, 1.82) is 0 Å². The van der Waals surface area contributed by atoms with Crippen molar-refractivity contribution in [2.24, 2.45) is 0 Å². The second-order valence-electron chi connectivity index (χ2n) is 6.46. The van der Waals surface area contributed by atoms with Gasteiger partial charge >= 0.3 is 0 Å². The van der Waals surface area contributed by atoms with Crippen molar-refractivity contribution in [3.05, 3.63) is 57.6 Å². The van der Waals surface area contributed by atoms with Gasteiger partial charge in [-0.15, -0.1) is 11.3 Å². The monoisotopic (exact) mass is 372 g/mol. The zero-order valence-corrected chi connectivity index (χ0v) is 15.8. The number of halogens is 1. The maximum atomic E-state index is 6.29. The van der Waals surface area contributed by atoms with E-state index in [9.17, 15) is 0 Å². The van der Waals surface area contributed by atoms with Crippen LogP contribution in [0.1, 0.15) is 41.4 Å². The predicted octanol–water partition coefficient (Wildman–Crippen LogP) is 6.11. The van der Waals surface area contributed by atoms with Crippen molar-refractivity contribution in [2.75, 3.05) is 11.9 Å². The van der Waals surface area contributed by atoms with Gasteiger partial charge in [0.2, 0.25) is 0 Å². The number of anilines is 1. The van der Waals surface area contributed by atoms with Crippen LogP contribution < -0.4 is 5.32 Å². The number of nitrogens with one attached hydrogen (secondary N) is 1. The van der Waals surface area contributed by atoms with Crippen molar-refractivity contribution < 1.29 is 4.74 Å². The molecule has 1 saturated heterocycles. The molecule has 0 bridgehead atoms. The largest absolute Gasteiger partial charge is 0.380 e. The van der Waals surface area contributed by atoms with Gasteiger partial charge < -0.3 is 10.1 Å². The Morgan fingerprint density at radius 1 is 1.28 bits per heavy atom. The molecule has 4 rings (SSSR count). The van der Waals surface area contributed by atoms with Crippen molar-refractivity contribution in [3.8, 4) is 0 Å². The van der Waals surface area contributed by atoms with E-state index in [1.165, 1.54) is 27.1 Å². The first-order chi connectivity index (χ1) is 12.2. The molecule has 3 heterocycles. The summed E-state index contributed by atoms with van der Waals surface area (Å²) in [7, 11) is 0. The molecule has 1 N–H and O–H groups in total. The molecular weight excluding hydrogens is 352 g/mol. The number of hydrogen-bond donors (Lipinski definition) is 1. The molecular formula is C20H21ClN2OS. The quantitative estimate of drug-likeness (QED) is 0.561. The summed E-state index contributed by atoms with van der Waals surface area (Å²) in [6.07, 6.45) is 3.68. The number of aromatic nitrogens is 1. The number of hydrogen-bond acceptors (Lipinski definition) is 4. The number of fused-ring (bicyclic) bond motifs is 1. The summed E-state index contributed by atoms with van der Waals surface area (Å²) in [6, 6.07) is 12.3. The smallest absolute Gasteiger partial charge is 0.131 e. The molecule has 3 aromatic rings. The number of thiophene rings is 1. The van der Waals surface area contributed by atoms with Crippen LogP contribution in [-0.4, -0.2) is 11.6 Å². The number of benzene rings is 1. The molecule has 0 spiro atoms. The Kier molecular flexibility index (Phi) is 4.93. The molecule has 1 unspecified atom stereocenters. The minimum absolute atomic E-state index is 0.202. The fraction of sp³-hybridized carbons (Fsp3) is 0.350. The van der Waals surface area contributed by atoms with Crippen LogP contribution in [0.3, 0.4) is 0 Å². The van der Waals surface area contributed by atoms with Gasteiger partial charge in [-0.05, 0) is 37.3 Å². The third-order valence-corrected chi connectivity index (χ3v) is 6.28. The molecule has 25 heavy (non-hydrogen) atoms. The van der Waals surface area contributed by atoms with Gasteiger partial charge in [0.05, 0.1) is 22.0 Å². The van der Waals surface area contributed by atoms with Crippen LogP contribution in [0, 0.1) is 6.92 Å². The second-order valence-corrected chi connectivity index (χ2v) is 7.90. The zero-order chi connectivity index (χ0) is 17.2. The number of rotatable bonds is 4. The molecule has 2 aromatic heterocycles. The first kappa shape index (κ1) is 16.8. The van der Waals surface area contributed by atoms with Gasteiger partial charge in [0.25, 0.3) is 0 Å². The van der Waals surface area contributed by atoms with E-state index in [1.54, 1.807) is 11.3 Å². The van der Waals surface area contributed by atoms with Crippen LogP contribution in [0.25, 0.3) is 10.2 Å². The third-order valence-electron chi connectivity index (χ3n) is 4.68. The standard InChI is InChI=1S/C20H21ClN2OS/c1-13-18-20(25-19(13)16-9-5-6-10-24-16)15(11-17(21)23-18)22-12-14-7-3-2-4-8-14/h2-4,7-8,11,16H,5-6,9-10,12H2,1H3,(H,22,23). The van der Waals surface area contributed by atoms with Crippen molar-refractivity contribution >= 4 is 38.8 Å². The van der Waals surface area contributed by atoms with Crippen LogP contribution in [0.5, 0.6) is 0 Å². The number of ether oxygens (including phenoxy) is 1. The SMILES string of the molecule is Cc1c(C2CCCCO2)sc2c(NCc3ccccc3)cc(Cl)nc12. The van der Waals surface area contributed by atoms with Gasteiger partial charge in [0.1, 0.15) is 5.15 Å². The van der Waals surface area contributed by atoms with E-state index in [2.05, 4.69) is 41.5 Å². The average molecular weight is 373 g/mol. The molecule has 3 nitrogen and oxygen atoms in total. The van der Waals surface area contributed by atoms with Crippen molar-refractivity contribution in [3.63, 3.8) is 0 Å². The zero-order valence-electron chi connectivity index (χ0n) is 14.2. The molecule has 5 heteroatoms. The first-order valence-corrected chi connectivity index (χ1v) is 9.91. The van der Waals surface area contributed by atoms with Crippen LogP contribution in [0.4, 0.5) is 5.69 Å². The number of aryl methyl sites for hydroxylation is 1. The summed E-state index contributed by atoms with van der Waals surface area (Å²) in [5, 5.41) is 4.06. The van der Waals surface area contributed by atoms with Gasteiger partial charge in [0, 0.05) is 24.1 Å². The Bertz CT molecular complexity index is 872. The Labute approximate surface area is 157 Å². The maximum Gasteiger partial charge on any atom is 0.131 e. The fourth-order valence-corrected chi connectivity index (χ4v) is 4.86. The van der Waals surface area contributed by atoms with E-state index in [0.717, 1.165) is 37.2 Å². The summed E-state index contributed by atoms with van der Waals surface area (Å²) >= 11 is 8.09. The van der Waals surface area contributed by atoms with E-state index in [1.807, 2.05) is 12.1 Å². The van der Waals surface area contributed by atoms with E-state index in [-0.39, 0.29) is 6.10 Å². The van der Waals surface area contributed by atoms with Crippen LogP contribution >= 0.6 is 22.9 Å². The highest BCUT2D eigenvalue weighted by Gasteiger charge is 2.23. The Hall–Kier alpha value is -1.62. The topological polar surface area (TPSA) is 34.1 Å². The summed E-state index contributed by atoms with van der Waals surface area (Å²) in [6.45, 7) is 3.75. The number of pyridine rings is 1. The minimum atomic E-state index is 0.202. The van der Waals surface area contributed by atoms with Crippen LogP contribution in [-0.2, 0) is 11.3 Å². The minimum Gasteiger partial charge on any atom is -0.380 e. The lowest BCUT2D eigenvalue weighted by molar-refractivity contribution is 0.0169. The normalized spacial score (nSPS) is 17.8. The molecule has 1 aliphatic rings. The Morgan fingerprint density at radius 2 is 2.12 bits per heavy atom. The van der Waals surface area contributed by atoms with E-state index >= 15 is 0 Å². The first-order valence-electron chi connectivity index (χ1n) is 8.71. The van der Waals surface area contributed by atoms with Crippen molar-refractivity contribution in [2.45, 2.75) is 38.8 Å². The number of nitrogens with zero attached hydrogens (tertiary/aromatic N) is 1. The summed E-state index contributed by atoms with van der Waals surface area (Å²) in [5.41, 5.74) is 4.50. The van der Waals surface area contributed by atoms with E-state index < -0.39 is 0 Å². The maximum absolute atomic E-state index is 6.29. The highest BCUT2D eigenvalue weighted by atomic mass is 35.5. The second kappa shape index (κ2) is 7.32. The lowest BCUT2D eigenvalue weighted by Crippen LogP contribution is -2.10. The molecule has 1 atom stereocenters. The molecule has 130 valence electrons. The molecule has 1 aromatic carbocycles. The van der Waals surface area contributed by atoms with Gasteiger partial charge in [-0.2, -0.15) is 0 Å². The van der Waals surface area contributed by atoms with Crippen molar-refractivity contribution in [1.82, 2.24) is 4.98 Å². The Morgan fingerprint density at radius 3 is 2.88 bits per heavy atom. The molecule has 0 aliphatic carbocycles. The highest BCUT2D eigenvalue weighted by Crippen LogP contribution is 2.42. The fourth-order valence-electron chi connectivity index (χ4n) is 3.34. The predicted molar refractivity (Wildman–Crippen MR) is 106 cm³/mol. The summed E-state index contributed by atoms with van der Waals surface area (Å²) < 4.78 is 7.17. The average Bonchev–Trinajstić information content (AvgIpc) is 2.98. The van der Waals surface area contributed by atoms with E-state index in [0.29, 0.717) is 5.15 Å².